The molecule has 1 unspecified atom stereocenters. The lowest BCUT2D eigenvalue weighted by Crippen LogP contribution is -2.36. The molecule has 2 aromatic heterocycles. The number of anilines is 2. The van der Waals surface area contributed by atoms with E-state index in [4.69, 9.17) is 21.8 Å². The van der Waals surface area contributed by atoms with Crippen LogP contribution in [0.15, 0.2) is 66.9 Å². The minimum Gasteiger partial charge on any atom is -0.465 e. The molecule has 2 amide bonds. The van der Waals surface area contributed by atoms with Gasteiger partial charge in [0.1, 0.15) is 5.82 Å². The fourth-order valence-corrected chi connectivity index (χ4v) is 4.51. The van der Waals surface area contributed by atoms with Gasteiger partial charge < -0.3 is 20.2 Å². The van der Waals surface area contributed by atoms with Crippen LogP contribution < -0.4 is 15.1 Å². The molecule has 0 bridgehead atoms. The third-order valence-electron chi connectivity index (χ3n) is 5.98. The number of rotatable bonds is 6. The summed E-state index contributed by atoms with van der Waals surface area (Å²) >= 11 is 6.12. The van der Waals surface area contributed by atoms with Gasteiger partial charge in [-0.25, -0.2) is 14.3 Å². The molecule has 0 spiro atoms. The normalized spacial score (nSPS) is 15.5. The molecule has 0 saturated carbocycles. The molecule has 4 aromatic rings. The summed E-state index contributed by atoms with van der Waals surface area (Å²) < 4.78 is 1.80. The van der Waals surface area contributed by atoms with E-state index in [2.05, 4.69) is 10.3 Å². The quantitative estimate of drug-likeness (QED) is 0.422. The van der Waals surface area contributed by atoms with Gasteiger partial charge in [0.25, 0.3) is 0 Å². The third-order valence-corrected chi connectivity index (χ3v) is 6.21. The summed E-state index contributed by atoms with van der Waals surface area (Å²) in [4.78, 5) is 31.4. The topological polar surface area (TPSA) is 103 Å². The van der Waals surface area contributed by atoms with Crippen molar-refractivity contribution in [2.75, 3.05) is 23.4 Å². The van der Waals surface area contributed by atoms with Crippen molar-refractivity contribution in [1.82, 2.24) is 19.9 Å². The van der Waals surface area contributed by atoms with Gasteiger partial charge in [0.2, 0.25) is 5.91 Å². The average Bonchev–Trinajstić information content (AvgIpc) is 3.41. The molecule has 1 aliphatic rings. The molecule has 1 fully saturated rings. The van der Waals surface area contributed by atoms with Crippen molar-refractivity contribution in [3.05, 3.63) is 77.4 Å². The van der Waals surface area contributed by atoms with Crippen LogP contribution in [0.5, 0.6) is 0 Å². The van der Waals surface area contributed by atoms with Crippen molar-refractivity contribution in [3.8, 4) is 11.3 Å². The van der Waals surface area contributed by atoms with E-state index >= 15 is 0 Å². The summed E-state index contributed by atoms with van der Waals surface area (Å²) in [5.74, 6) is 0.674. The minimum absolute atomic E-state index is 0.111. The Hall–Kier alpha value is -4.11. The number of hydrogen-bond acceptors (Lipinski definition) is 5. The first-order valence-corrected chi connectivity index (χ1v) is 11.5. The second-order valence-corrected chi connectivity index (χ2v) is 8.93. The monoisotopic (exact) mass is 490 g/mol. The number of fused-ring (bicyclic) bond motifs is 1. The highest BCUT2D eigenvalue weighted by Crippen LogP contribution is 2.27. The van der Waals surface area contributed by atoms with E-state index in [1.165, 1.54) is 0 Å². The number of hydrogen-bond donors (Lipinski definition) is 2. The zero-order valence-electron chi connectivity index (χ0n) is 18.9. The maximum absolute atomic E-state index is 12.4. The molecule has 0 radical (unpaired) electrons. The molecular formula is C25H23ClN6O3. The number of nitrogens with zero attached hydrogens (tertiary/aromatic N) is 5. The molecule has 0 aliphatic carbocycles. The van der Waals surface area contributed by atoms with E-state index in [0.29, 0.717) is 18.1 Å². The summed E-state index contributed by atoms with van der Waals surface area (Å²) in [6, 6.07) is 18.7. The number of carbonyl (C=O) groups excluding carboxylic acids is 1. The Bertz CT molecular complexity index is 1400. The van der Waals surface area contributed by atoms with Crippen LogP contribution in [0.2, 0.25) is 5.02 Å². The largest absolute Gasteiger partial charge is 0.465 e. The van der Waals surface area contributed by atoms with E-state index in [0.717, 1.165) is 34.0 Å². The first-order valence-electron chi connectivity index (χ1n) is 11.1. The van der Waals surface area contributed by atoms with Crippen molar-refractivity contribution in [3.63, 3.8) is 0 Å². The van der Waals surface area contributed by atoms with Gasteiger partial charge in [0.05, 0.1) is 17.9 Å². The molecular weight excluding hydrogens is 468 g/mol. The van der Waals surface area contributed by atoms with Crippen LogP contribution in [0, 0.1) is 0 Å². The van der Waals surface area contributed by atoms with E-state index in [-0.39, 0.29) is 12.3 Å². The molecule has 1 aliphatic heterocycles. The highest BCUT2D eigenvalue weighted by molar-refractivity contribution is 6.30. The van der Waals surface area contributed by atoms with Crippen LogP contribution in [0.4, 0.5) is 16.3 Å². The SMILES string of the molecule is CN(Cc1cccc(Cl)c1)c1ccc2ncc(-c3ccc(N4CC(NC(=O)O)CC4=O)cc3)n2n1. The fourth-order valence-electron chi connectivity index (χ4n) is 4.29. The summed E-state index contributed by atoms with van der Waals surface area (Å²) in [5.41, 5.74) is 4.25. The van der Waals surface area contributed by atoms with E-state index in [1.807, 2.05) is 72.6 Å². The van der Waals surface area contributed by atoms with Gasteiger partial charge in [-0.2, -0.15) is 0 Å². The van der Waals surface area contributed by atoms with Crippen molar-refractivity contribution in [2.24, 2.45) is 0 Å². The lowest BCUT2D eigenvalue weighted by molar-refractivity contribution is -0.117. The van der Waals surface area contributed by atoms with Gasteiger partial charge in [-0.15, -0.1) is 5.10 Å². The Balaban J connectivity index is 1.37. The van der Waals surface area contributed by atoms with Crippen LogP contribution in [-0.2, 0) is 11.3 Å². The zero-order chi connectivity index (χ0) is 24.5. The third kappa shape index (κ3) is 4.76. The maximum atomic E-state index is 12.4. The molecule has 10 heteroatoms. The van der Waals surface area contributed by atoms with Crippen LogP contribution in [0.3, 0.4) is 0 Å². The first-order chi connectivity index (χ1) is 16.9. The van der Waals surface area contributed by atoms with Gasteiger partial charge in [-0.1, -0.05) is 35.9 Å². The number of amides is 2. The van der Waals surface area contributed by atoms with Gasteiger partial charge in [-0.3, -0.25) is 4.79 Å². The first kappa shape index (κ1) is 22.7. The van der Waals surface area contributed by atoms with Crippen molar-refractivity contribution >= 4 is 40.8 Å². The molecule has 1 atom stereocenters. The number of carboxylic acid groups (broad SMARTS) is 1. The van der Waals surface area contributed by atoms with Gasteiger partial charge in [0.15, 0.2) is 5.65 Å². The minimum atomic E-state index is -1.13. The summed E-state index contributed by atoms with van der Waals surface area (Å²) in [5, 5.41) is 16.8. The van der Waals surface area contributed by atoms with Crippen LogP contribution in [0.1, 0.15) is 12.0 Å². The predicted octanol–water partition coefficient (Wildman–Crippen LogP) is 4.06. The second kappa shape index (κ2) is 9.27. The highest BCUT2D eigenvalue weighted by atomic mass is 35.5. The van der Waals surface area contributed by atoms with E-state index in [1.54, 1.807) is 15.6 Å². The lowest BCUT2D eigenvalue weighted by Gasteiger charge is -2.19. The second-order valence-electron chi connectivity index (χ2n) is 8.49. The number of imidazole rings is 1. The lowest BCUT2D eigenvalue weighted by atomic mass is 10.1. The standard InChI is InChI=1S/C25H23ClN6O3/c1-30(14-16-3-2-4-18(26)11-16)23-10-9-22-27-13-21(32(22)29-23)17-5-7-20(8-6-17)31-15-19(12-24(31)33)28-25(34)35/h2-11,13,19,28H,12,14-15H2,1H3,(H,34,35). The molecule has 9 nitrogen and oxygen atoms in total. The predicted molar refractivity (Wildman–Crippen MR) is 134 cm³/mol. The number of aromatic nitrogens is 3. The summed E-state index contributed by atoms with van der Waals surface area (Å²) in [6.45, 7) is 0.962. The zero-order valence-corrected chi connectivity index (χ0v) is 19.7. The fraction of sp³-hybridized carbons (Fsp3) is 0.200. The van der Waals surface area contributed by atoms with Gasteiger partial charge >= 0.3 is 6.09 Å². The Kier molecular flexibility index (Phi) is 6.00. The molecule has 2 N–H and O–H groups in total. The van der Waals surface area contributed by atoms with Crippen LogP contribution in [-0.4, -0.2) is 51.3 Å². The van der Waals surface area contributed by atoms with E-state index in [9.17, 15) is 9.59 Å². The average molecular weight is 491 g/mol. The summed E-state index contributed by atoms with van der Waals surface area (Å²) in [6.07, 6.45) is 0.792. The van der Waals surface area contributed by atoms with Gasteiger partial charge in [-0.05, 0) is 42.0 Å². The molecule has 3 heterocycles. The van der Waals surface area contributed by atoms with Crippen LogP contribution in [0.25, 0.3) is 16.9 Å². The Labute approximate surface area is 206 Å². The Morgan fingerprint density at radius 1 is 1.20 bits per heavy atom. The number of nitrogens with one attached hydrogen (secondary N) is 1. The number of halogens is 1. The van der Waals surface area contributed by atoms with E-state index < -0.39 is 12.1 Å². The number of carbonyl (C=O) groups is 2. The Morgan fingerprint density at radius 3 is 2.74 bits per heavy atom. The molecule has 1 saturated heterocycles. The summed E-state index contributed by atoms with van der Waals surface area (Å²) in [7, 11) is 1.97. The van der Waals surface area contributed by atoms with Crippen LogP contribution >= 0.6 is 11.6 Å². The van der Waals surface area contributed by atoms with Crippen molar-refractivity contribution in [2.45, 2.75) is 19.0 Å². The van der Waals surface area contributed by atoms with Gasteiger partial charge in [0, 0.05) is 42.8 Å². The molecule has 178 valence electrons. The molecule has 2 aromatic carbocycles. The number of benzene rings is 2. The highest BCUT2D eigenvalue weighted by Gasteiger charge is 2.31. The smallest absolute Gasteiger partial charge is 0.404 e. The molecule has 35 heavy (non-hydrogen) atoms. The van der Waals surface area contributed by atoms with Crippen molar-refractivity contribution in [1.29, 1.82) is 0 Å². The maximum Gasteiger partial charge on any atom is 0.404 e. The molecule has 5 rings (SSSR count). The Morgan fingerprint density at radius 2 is 2.00 bits per heavy atom. The van der Waals surface area contributed by atoms with Crippen molar-refractivity contribution < 1.29 is 14.7 Å².